The molecule has 0 radical (unpaired) electrons. The van der Waals surface area contributed by atoms with E-state index < -0.39 is 5.82 Å². The molecule has 0 N–H and O–H groups in total. The van der Waals surface area contributed by atoms with Gasteiger partial charge >= 0.3 is 0 Å². The summed E-state index contributed by atoms with van der Waals surface area (Å²) in [5.41, 5.74) is 0.330. The summed E-state index contributed by atoms with van der Waals surface area (Å²) in [4.78, 5) is 13.8. The van der Waals surface area contributed by atoms with Crippen LogP contribution in [0.25, 0.3) is 0 Å². The monoisotopic (exact) mass is 268 g/mol. The van der Waals surface area contributed by atoms with Crippen molar-refractivity contribution in [1.29, 1.82) is 0 Å². The molecule has 2 aromatic rings. The summed E-state index contributed by atoms with van der Waals surface area (Å²) in [6.07, 6.45) is 0.896. The lowest BCUT2D eigenvalue weighted by Crippen LogP contribution is -1.99. The topological polar surface area (TPSA) is 17.1 Å². The molecule has 0 atom stereocenters. The lowest BCUT2D eigenvalue weighted by Gasteiger charge is -1.99. The highest BCUT2D eigenvalue weighted by Crippen LogP contribution is 2.22. The Labute approximate surface area is 108 Å². The lowest BCUT2D eigenvalue weighted by molar-refractivity contribution is 0.104. The van der Waals surface area contributed by atoms with E-state index in [2.05, 4.69) is 0 Å². The number of aryl methyl sites for hydroxylation is 1. The molecule has 2 rings (SSSR count). The second-order valence-corrected chi connectivity index (χ2v) is 5.15. The van der Waals surface area contributed by atoms with Crippen molar-refractivity contribution in [3.63, 3.8) is 0 Å². The van der Waals surface area contributed by atoms with Gasteiger partial charge in [0.05, 0.1) is 9.90 Å². The number of thiophene rings is 1. The van der Waals surface area contributed by atoms with Gasteiger partial charge in [0.15, 0.2) is 0 Å². The van der Waals surface area contributed by atoms with Crippen LogP contribution in [0.5, 0.6) is 0 Å². The number of carbonyl (C=O) groups excluding carboxylic acids is 1. The number of halogens is 2. The predicted octanol–water partition coefficient (Wildman–Crippen LogP) is 4.33. The third-order valence-corrected chi connectivity index (χ3v) is 3.95. The van der Waals surface area contributed by atoms with E-state index in [-0.39, 0.29) is 10.8 Å². The minimum atomic E-state index is -0.565. The van der Waals surface area contributed by atoms with Crippen LogP contribution < -0.4 is 0 Å². The van der Waals surface area contributed by atoms with E-state index in [9.17, 15) is 9.18 Å². The lowest BCUT2D eigenvalue weighted by atomic mass is 10.1. The van der Waals surface area contributed by atoms with Crippen LogP contribution in [0.3, 0.4) is 0 Å². The van der Waals surface area contributed by atoms with Gasteiger partial charge in [-0.3, -0.25) is 4.79 Å². The Morgan fingerprint density at radius 3 is 2.71 bits per heavy atom. The molecule has 0 unspecified atom stereocenters. The van der Waals surface area contributed by atoms with E-state index in [0.29, 0.717) is 10.4 Å². The third kappa shape index (κ3) is 2.56. The molecule has 0 amide bonds. The zero-order chi connectivity index (χ0) is 12.4. The first-order valence-corrected chi connectivity index (χ1v) is 6.39. The maximum absolute atomic E-state index is 13.2. The molecule has 0 fully saturated rings. The highest BCUT2D eigenvalue weighted by Gasteiger charge is 2.13. The molecule has 0 bridgehead atoms. The first-order valence-electron chi connectivity index (χ1n) is 5.20. The maximum Gasteiger partial charge on any atom is 0.203 e. The van der Waals surface area contributed by atoms with Gasteiger partial charge in [0.2, 0.25) is 5.78 Å². The van der Waals surface area contributed by atoms with Crippen LogP contribution in [0, 0.1) is 5.82 Å². The molecule has 0 saturated carbocycles. The normalized spacial score (nSPS) is 10.5. The molecule has 0 aliphatic heterocycles. The molecule has 0 spiro atoms. The van der Waals surface area contributed by atoms with E-state index in [0.717, 1.165) is 11.3 Å². The molecular formula is C13H10ClFOS. The van der Waals surface area contributed by atoms with E-state index in [1.807, 2.05) is 13.0 Å². The molecule has 1 heterocycles. The van der Waals surface area contributed by atoms with Gasteiger partial charge in [0.25, 0.3) is 0 Å². The van der Waals surface area contributed by atoms with Crippen LogP contribution in [0.2, 0.25) is 5.02 Å². The summed E-state index contributed by atoms with van der Waals surface area (Å²) in [5.74, 6) is -0.727. The summed E-state index contributed by atoms with van der Waals surface area (Å²) in [5, 5.41) is 0.0296. The van der Waals surface area contributed by atoms with Crippen LogP contribution in [0.1, 0.15) is 27.0 Å². The minimum Gasteiger partial charge on any atom is -0.288 e. The predicted molar refractivity (Wildman–Crippen MR) is 68.5 cm³/mol. The van der Waals surface area contributed by atoms with Gasteiger partial charge < -0.3 is 0 Å². The van der Waals surface area contributed by atoms with Crippen LogP contribution in [0.4, 0.5) is 4.39 Å². The Balaban J connectivity index is 2.33. The first-order chi connectivity index (χ1) is 8.11. The highest BCUT2D eigenvalue weighted by atomic mass is 35.5. The summed E-state index contributed by atoms with van der Waals surface area (Å²) in [6.45, 7) is 2.03. The zero-order valence-electron chi connectivity index (χ0n) is 9.17. The summed E-state index contributed by atoms with van der Waals surface area (Å²) in [7, 11) is 0. The Morgan fingerprint density at radius 2 is 2.12 bits per heavy atom. The van der Waals surface area contributed by atoms with Crippen molar-refractivity contribution in [2.45, 2.75) is 13.3 Å². The average Bonchev–Trinajstić information content (AvgIpc) is 2.80. The molecule has 0 aliphatic carbocycles. The molecule has 1 aromatic heterocycles. The Bertz CT molecular complexity index is 562. The number of carbonyl (C=O) groups is 1. The van der Waals surface area contributed by atoms with Crippen molar-refractivity contribution in [3.8, 4) is 0 Å². The smallest absolute Gasteiger partial charge is 0.203 e. The second-order valence-electron chi connectivity index (χ2n) is 3.58. The summed E-state index contributed by atoms with van der Waals surface area (Å²) < 4.78 is 13.2. The van der Waals surface area contributed by atoms with Crippen molar-refractivity contribution in [3.05, 3.63) is 56.5 Å². The van der Waals surface area contributed by atoms with Crippen LogP contribution in [-0.2, 0) is 6.42 Å². The molecular weight excluding hydrogens is 259 g/mol. The van der Waals surface area contributed by atoms with Gasteiger partial charge in [0.1, 0.15) is 5.82 Å². The molecule has 1 aromatic carbocycles. The summed E-state index contributed by atoms with van der Waals surface area (Å²) >= 11 is 7.02. The standard InChI is InChI=1S/C13H10ClFOS/c1-2-9-4-6-12(17-9)13(16)8-3-5-10(14)11(15)7-8/h3-7H,2H2,1H3. The fraction of sp³-hybridized carbons (Fsp3) is 0.154. The molecule has 4 heteroatoms. The molecule has 0 aliphatic rings. The Morgan fingerprint density at radius 1 is 1.35 bits per heavy atom. The van der Waals surface area contributed by atoms with Crippen LogP contribution >= 0.6 is 22.9 Å². The Hall–Kier alpha value is -1.19. The van der Waals surface area contributed by atoms with Gasteiger partial charge in [-0.25, -0.2) is 4.39 Å². The van der Waals surface area contributed by atoms with E-state index in [4.69, 9.17) is 11.6 Å². The number of benzene rings is 1. The second kappa shape index (κ2) is 4.98. The van der Waals surface area contributed by atoms with Gasteiger partial charge in [0, 0.05) is 10.4 Å². The first kappa shape index (κ1) is 12.3. The van der Waals surface area contributed by atoms with E-state index in [1.165, 1.54) is 23.5 Å². The summed E-state index contributed by atoms with van der Waals surface area (Å²) in [6, 6.07) is 7.82. The van der Waals surface area contributed by atoms with E-state index in [1.54, 1.807) is 12.1 Å². The number of ketones is 1. The molecule has 0 saturated heterocycles. The van der Waals surface area contributed by atoms with E-state index >= 15 is 0 Å². The van der Waals surface area contributed by atoms with Gasteiger partial charge in [-0.1, -0.05) is 18.5 Å². The van der Waals surface area contributed by atoms with Crippen molar-refractivity contribution in [1.82, 2.24) is 0 Å². The Kier molecular flexibility index (Phi) is 3.60. The highest BCUT2D eigenvalue weighted by molar-refractivity contribution is 7.14. The SMILES string of the molecule is CCc1ccc(C(=O)c2ccc(Cl)c(F)c2)s1. The number of hydrogen-bond donors (Lipinski definition) is 0. The van der Waals surface area contributed by atoms with Crippen molar-refractivity contribution >= 4 is 28.7 Å². The van der Waals surface area contributed by atoms with Crippen molar-refractivity contribution in [2.75, 3.05) is 0 Å². The third-order valence-electron chi connectivity index (χ3n) is 2.42. The van der Waals surface area contributed by atoms with Crippen molar-refractivity contribution < 1.29 is 9.18 Å². The fourth-order valence-electron chi connectivity index (χ4n) is 1.47. The minimum absolute atomic E-state index is 0.0296. The van der Waals surface area contributed by atoms with Gasteiger partial charge in [-0.15, -0.1) is 11.3 Å². The van der Waals surface area contributed by atoms with Gasteiger partial charge in [-0.05, 0) is 36.8 Å². The largest absolute Gasteiger partial charge is 0.288 e. The van der Waals surface area contributed by atoms with Crippen molar-refractivity contribution in [2.24, 2.45) is 0 Å². The van der Waals surface area contributed by atoms with Gasteiger partial charge in [-0.2, -0.15) is 0 Å². The van der Waals surface area contributed by atoms with Crippen LogP contribution in [-0.4, -0.2) is 5.78 Å². The average molecular weight is 269 g/mol. The molecule has 1 nitrogen and oxygen atoms in total. The number of hydrogen-bond acceptors (Lipinski definition) is 2. The zero-order valence-corrected chi connectivity index (χ0v) is 10.7. The quantitative estimate of drug-likeness (QED) is 0.757. The fourth-order valence-corrected chi connectivity index (χ4v) is 2.50. The molecule has 88 valence electrons. The molecule has 17 heavy (non-hydrogen) atoms. The maximum atomic E-state index is 13.2. The number of rotatable bonds is 3. The van der Waals surface area contributed by atoms with Crippen LogP contribution in [0.15, 0.2) is 30.3 Å².